The zero-order chi connectivity index (χ0) is 12.3. The average molecular weight is 240 g/mol. The Morgan fingerprint density at radius 3 is 2.53 bits per heavy atom. The lowest BCUT2D eigenvalue weighted by Gasteiger charge is -2.48. The number of nitrogens with two attached hydrogens (primary N) is 1. The van der Waals surface area contributed by atoms with Crippen LogP contribution in [0.25, 0.3) is 0 Å². The summed E-state index contributed by atoms with van der Waals surface area (Å²) in [5.41, 5.74) is 5.94. The summed E-state index contributed by atoms with van der Waals surface area (Å²) in [4.78, 5) is 2.58. The fourth-order valence-electron chi connectivity index (χ4n) is 3.55. The molecule has 0 aromatic carbocycles. The maximum atomic E-state index is 9.29. The average Bonchev–Trinajstić information content (AvgIpc) is 2.26. The van der Waals surface area contributed by atoms with Gasteiger partial charge in [-0.05, 0) is 44.1 Å². The molecule has 3 nitrogen and oxygen atoms in total. The molecular formula is C14H28N2O. The van der Waals surface area contributed by atoms with Crippen molar-refractivity contribution in [1.82, 2.24) is 4.90 Å². The van der Waals surface area contributed by atoms with Gasteiger partial charge in [0.15, 0.2) is 0 Å². The Hall–Kier alpha value is -0.120. The normalized spacial score (nSPS) is 34.9. The summed E-state index contributed by atoms with van der Waals surface area (Å²) < 4.78 is 0. The molecule has 3 unspecified atom stereocenters. The molecule has 0 aromatic rings. The Labute approximate surface area is 105 Å². The summed E-state index contributed by atoms with van der Waals surface area (Å²) in [6.07, 6.45) is 7.89. The van der Waals surface area contributed by atoms with Gasteiger partial charge >= 0.3 is 0 Å². The Morgan fingerprint density at radius 1 is 1.24 bits per heavy atom. The maximum absolute atomic E-state index is 9.29. The van der Waals surface area contributed by atoms with Gasteiger partial charge in [0.25, 0.3) is 0 Å². The molecule has 0 amide bonds. The van der Waals surface area contributed by atoms with Gasteiger partial charge in [-0.1, -0.05) is 19.8 Å². The van der Waals surface area contributed by atoms with Crippen molar-refractivity contribution in [2.45, 2.75) is 57.5 Å². The number of hydrogen-bond acceptors (Lipinski definition) is 3. The van der Waals surface area contributed by atoms with E-state index in [2.05, 4.69) is 11.8 Å². The second-order valence-electron chi connectivity index (χ2n) is 6.03. The van der Waals surface area contributed by atoms with Crippen LogP contribution >= 0.6 is 0 Å². The molecule has 3 N–H and O–H groups in total. The third-order valence-corrected chi connectivity index (χ3v) is 4.85. The lowest BCUT2D eigenvalue weighted by molar-refractivity contribution is 0.00812. The van der Waals surface area contributed by atoms with Gasteiger partial charge in [-0.2, -0.15) is 0 Å². The van der Waals surface area contributed by atoms with Gasteiger partial charge in [0, 0.05) is 18.6 Å². The van der Waals surface area contributed by atoms with Crippen molar-refractivity contribution in [3.63, 3.8) is 0 Å². The summed E-state index contributed by atoms with van der Waals surface area (Å²) in [6.45, 7) is 4.31. The summed E-state index contributed by atoms with van der Waals surface area (Å²) >= 11 is 0. The fourth-order valence-corrected chi connectivity index (χ4v) is 3.55. The molecular weight excluding hydrogens is 212 g/mol. The van der Waals surface area contributed by atoms with E-state index >= 15 is 0 Å². The highest BCUT2D eigenvalue weighted by atomic mass is 16.3. The molecule has 2 aliphatic carbocycles. The van der Waals surface area contributed by atoms with E-state index in [0.29, 0.717) is 18.6 Å². The highest BCUT2D eigenvalue weighted by Gasteiger charge is 2.36. The van der Waals surface area contributed by atoms with Crippen LogP contribution in [-0.4, -0.2) is 41.8 Å². The van der Waals surface area contributed by atoms with Gasteiger partial charge in [0.05, 0.1) is 6.61 Å². The minimum Gasteiger partial charge on any atom is -0.395 e. The van der Waals surface area contributed by atoms with Crippen LogP contribution in [0.5, 0.6) is 0 Å². The summed E-state index contributed by atoms with van der Waals surface area (Å²) in [6, 6.07) is 1.35. The molecule has 100 valence electrons. The molecule has 2 fully saturated rings. The van der Waals surface area contributed by atoms with E-state index in [-0.39, 0.29) is 0 Å². The third kappa shape index (κ3) is 3.01. The van der Waals surface area contributed by atoms with E-state index in [1.165, 1.54) is 38.5 Å². The van der Waals surface area contributed by atoms with Crippen molar-refractivity contribution in [3.05, 3.63) is 0 Å². The van der Waals surface area contributed by atoms with Crippen molar-refractivity contribution < 1.29 is 5.11 Å². The van der Waals surface area contributed by atoms with Crippen molar-refractivity contribution in [2.75, 3.05) is 19.7 Å². The smallest absolute Gasteiger partial charge is 0.0558 e. The van der Waals surface area contributed by atoms with Gasteiger partial charge in [-0.15, -0.1) is 0 Å². The molecule has 0 radical (unpaired) electrons. The number of hydrogen-bond donors (Lipinski definition) is 2. The zero-order valence-electron chi connectivity index (χ0n) is 11.1. The quantitative estimate of drug-likeness (QED) is 0.767. The van der Waals surface area contributed by atoms with Crippen LogP contribution in [0.1, 0.15) is 45.4 Å². The van der Waals surface area contributed by atoms with Crippen molar-refractivity contribution in [1.29, 1.82) is 0 Å². The predicted octanol–water partition coefficient (Wildman–Crippen LogP) is 1.60. The van der Waals surface area contributed by atoms with Crippen LogP contribution in [-0.2, 0) is 0 Å². The second-order valence-corrected chi connectivity index (χ2v) is 6.03. The number of nitrogens with zero attached hydrogens (tertiary/aromatic N) is 1. The first-order valence-electron chi connectivity index (χ1n) is 7.33. The van der Waals surface area contributed by atoms with Gasteiger partial charge < -0.3 is 10.8 Å². The van der Waals surface area contributed by atoms with Gasteiger partial charge in [0.2, 0.25) is 0 Å². The number of aliphatic hydroxyl groups excluding tert-OH is 1. The molecule has 3 atom stereocenters. The van der Waals surface area contributed by atoms with Crippen LogP contribution in [0.2, 0.25) is 0 Å². The zero-order valence-corrected chi connectivity index (χ0v) is 11.1. The van der Waals surface area contributed by atoms with E-state index in [9.17, 15) is 5.11 Å². The standard InChI is InChI=1S/C14H28N2O/c1-11-5-6-12(10-15)14(9-11)16(7-8-17)13-3-2-4-13/h11-14,17H,2-10,15H2,1H3. The van der Waals surface area contributed by atoms with Gasteiger partial charge in [0.1, 0.15) is 0 Å². The minimum absolute atomic E-state index is 0.290. The second kappa shape index (κ2) is 6.17. The van der Waals surface area contributed by atoms with Crippen molar-refractivity contribution in [3.8, 4) is 0 Å². The van der Waals surface area contributed by atoms with Crippen LogP contribution in [0, 0.1) is 11.8 Å². The molecule has 0 spiro atoms. The Balaban J connectivity index is 2.02. The van der Waals surface area contributed by atoms with Crippen LogP contribution in [0.4, 0.5) is 0 Å². The lowest BCUT2D eigenvalue weighted by Crippen LogP contribution is -2.53. The topological polar surface area (TPSA) is 49.5 Å². The molecule has 2 saturated carbocycles. The molecule has 2 aliphatic rings. The summed E-state index contributed by atoms with van der Waals surface area (Å²) in [5.74, 6) is 1.47. The molecule has 0 bridgehead atoms. The van der Waals surface area contributed by atoms with E-state index < -0.39 is 0 Å². The molecule has 0 saturated heterocycles. The van der Waals surface area contributed by atoms with Crippen LogP contribution in [0.15, 0.2) is 0 Å². The lowest BCUT2D eigenvalue weighted by atomic mass is 9.76. The molecule has 0 aromatic heterocycles. The van der Waals surface area contributed by atoms with E-state index in [1.54, 1.807) is 0 Å². The molecule has 17 heavy (non-hydrogen) atoms. The predicted molar refractivity (Wildman–Crippen MR) is 70.8 cm³/mol. The van der Waals surface area contributed by atoms with Crippen molar-refractivity contribution >= 4 is 0 Å². The fraction of sp³-hybridized carbons (Fsp3) is 1.00. The van der Waals surface area contributed by atoms with Gasteiger partial charge in [-0.3, -0.25) is 4.90 Å². The largest absolute Gasteiger partial charge is 0.395 e. The first kappa shape index (κ1) is 13.3. The Kier molecular flexibility index (Phi) is 4.83. The van der Waals surface area contributed by atoms with Crippen molar-refractivity contribution in [2.24, 2.45) is 17.6 Å². The Bertz CT molecular complexity index is 230. The molecule has 0 heterocycles. The first-order chi connectivity index (χ1) is 8.26. The van der Waals surface area contributed by atoms with Crippen LogP contribution in [0.3, 0.4) is 0 Å². The minimum atomic E-state index is 0.290. The SMILES string of the molecule is CC1CCC(CN)C(N(CCO)C2CCC2)C1. The van der Waals surface area contributed by atoms with E-state index in [1.807, 2.05) is 0 Å². The molecule has 3 heteroatoms. The van der Waals surface area contributed by atoms with Crippen LogP contribution < -0.4 is 5.73 Å². The summed E-state index contributed by atoms with van der Waals surface area (Å²) in [5, 5.41) is 9.29. The number of aliphatic hydroxyl groups is 1. The first-order valence-corrected chi connectivity index (χ1v) is 7.33. The van der Waals surface area contributed by atoms with E-state index in [0.717, 1.165) is 25.0 Å². The highest BCUT2D eigenvalue weighted by molar-refractivity contribution is 4.91. The summed E-state index contributed by atoms with van der Waals surface area (Å²) in [7, 11) is 0. The highest BCUT2D eigenvalue weighted by Crippen LogP contribution is 2.36. The Morgan fingerprint density at radius 2 is 2.00 bits per heavy atom. The molecule has 2 rings (SSSR count). The maximum Gasteiger partial charge on any atom is 0.0558 e. The monoisotopic (exact) mass is 240 g/mol. The number of rotatable bonds is 5. The molecule has 0 aliphatic heterocycles. The van der Waals surface area contributed by atoms with Gasteiger partial charge in [-0.25, -0.2) is 0 Å². The third-order valence-electron chi connectivity index (χ3n) is 4.85. The van der Waals surface area contributed by atoms with E-state index in [4.69, 9.17) is 5.73 Å².